The molecular weight excluding hydrogens is 362 g/mol. The number of nitrogens with one attached hydrogen (secondary N) is 1. The minimum Gasteiger partial charge on any atom is -0.481 e. The number of carboxylic acid groups (broad SMARTS) is 2. The Labute approximate surface area is 121 Å². The Morgan fingerprint density at radius 2 is 2.05 bits per heavy atom. The van der Waals surface area contributed by atoms with Crippen LogP contribution in [0.2, 0.25) is 0 Å². The number of rotatable bonds is 6. The van der Waals surface area contributed by atoms with Gasteiger partial charge in [0, 0.05) is 0 Å². The smallest absolute Gasteiger partial charge is 0.322 e. The van der Waals surface area contributed by atoms with Crippen molar-refractivity contribution in [1.29, 1.82) is 0 Å². The van der Waals surface area contributed by atoms with E-state index in [2.05, 4.69) is 15.9 Å². The maximum absolute atomic E-state index is 11.9. The highest BCUT2D eigenvalue weighted by molar-refractivity contribution is 9.11. The molecule has 0 aromatic carbocycles. The van der Waals surface area contributed by atoms with Crippen LogP contribution in [0.5, 0.6) is 0 Å². The zero-order valence-electron chi connectivity index (χ0n) is 9.58. The van der Waals surface area contributed by atoms with Crippen LogP contribution in [0, 0.1) is 6.92 Å². The van der Waals surface area contributed by atoms with E-state index in [4.69, 9.17) is 10.2 Å². The van der Waals surface area contributed by atoms with E-state index >= 15 is 0 Å². The first kappa shape index (κ1) is 16.1. The Bertz CT molecular complexity index is 589. The molecule has 1 atom stereocenters. The van der Waals surface area contributed by atoms with Gasteiger partial charge in [-0.25, -0.2) is 8.42 Å². The highest BCUT2D eigenvalue weighted by atomic mass is 79.9. The van der Waals surface area contributed by atoms with Crippen molar-refractivity contribution in [1.82, 2.24) is 4.72 Å². The first-order chi connectivity index (χ1) is 8.63. The Kier molecular flexibility index (Phi) is 5.07. The quantitative estimate of drug-likeness (QED) is 0.686. The number of halogens is 1. The fourth-order valence-electron chi connectivity index (χ4n) is 1.16. The number of aryl methyl sites for hydroxylation is 1. The van der Waals surface area contributed by atoms with E-state index in [9.17, 15) is 18.0 Å². The maximum Gasteiger partial charge on any atom is 0.322 e. The van der Waals surface area contributed by atoms with Crippen LogP contribution in [-0.4, -0.2) is 36.6 Å². The van der Waals surface area contributed by atoms with Crippen molar-refractivity contribution < 1.29 is 28.2 Å². The first-order valence-electron chi connectivity index (χ1n) is 4.86. The third-order valence-electron chi connectivity index (χ3n) is 2.07. The van der Waals surface area contributed by atoms with Gasteiger partial charge in [0.15, 0.2) is 0 Å². The van der Waals surface area contributed by atoms with E-state index in [0.717, 1.165) is 11.3 Å². The summed E-state index contributed by atoms with van der Waals surface area (Å²) in [6, 6.07) is -0.333. The fraction of sp³-hybridized carbons (Fsp3) is 0.333. The monoisotopic (exact) mass is 371 g/mol. The molecule has 0 aliphatic carbocycles. The molecule has 0 spiro atoms. The van der Waals surface area contributed by atoms with E-state index in [0.29, 0.717) is 9.35 Å². The number of thiophene rings is 1. The highest BCUT2D eigenvalue weighted by Crippen LogP contribution is 2.30. The van der Waals surface area contributed by atoms with Crippen LogP contribution in [0.1, 0.15) is 12.0 Å². The molecule has 0 aliphatic rings. The van der Waals surface area contributed by atoms with Gasteiger partial charge in [-0.2, -0.15) is 4.72 Å². The summed E-state index contributed by atoms with van der Waals surface area (Å²) in [5.74, 6) is -2.95. The van der Waals surface area contributed by atoms with Crippen LogP contribution >= 0.6 is 27.3 Å². The first-order valence-corrected chi connectivity index (χ1v) is 7.95. The second kappa shape index (κ2) is 5.99. The van der Waals surface area contributed by atoms with Crippen LogP contribution in [0.25, 0.3) is 0 Å². The third kappa shape index (κ3) is 4.27. The Morgan fingerprint density at radius 3 is 2.42 bits per heavy atom. The molecule has 1 heterocycles. The summed E-state index contributed by atoms with van der Waals surface area (Å²) in [5, 5.41) is 17.3. The summed E-state index contributed by atoms with van der Waals surface area (Å²) in [6.45, 7) is 1.69. The average Bonchev–Trinajstić information content (AvgIpc) is 2.58. The van der Waals surface area contributed by atoms with E-state index in [1.807, 2.05) is 4.72 Å². The van der Waals surface area contributed by atoms with Crippen LogP contribution in [-0.2, 0) is 19.6 Å². The van der Waals surface area contributed by atoms with Gasteiger partial charge in [-0.05, 0) is 34.5 Å². The molecule has 3 N–H and O–H groups in total. The lowest BCUT2D eigenvalue weighted by atomic mass is 10.2. The van der Waals surface area contributed by atoms with Crippen molar-refractivity contribution in [3.63, 3.8) is 0 Å². The Balaban J connectivity index is 3.00. The molecule has 0 bridgehead atoms. The van der Waals surface area contributed by atoms with Crippen molar-refractivity contribution in [3.8, 4) is 0 Å². The van der Waals surface area contributed by atoms with Crippen LogP contribution in [0.15, 0.2) is 14.1 Å². The summed E-state index contributed by atoms with van der Waals surface area (Å²) in [5.41, 5.74) is 0.690. The van der Waals surface area contributed by atoms with Gasteiger partial charge in [0.05, 0.1) is 10.2 Å². The van der Waals surface area contributed by atoms with E-state index in [1.54, 1.807) is 6.92 Å². The molecule has 10 heteroatoms. The lowest BCUT2D eigenvalue weighted by Gasteiger charge is -2.11. The molecule has 0 radical (unpaired) electrons. The minimum absolute atomic E-state index is 0.0755. The van der Waals surface area contributed by atoms with Gasteiger partial charge in [0.2, 0.25) is 0 Å². The van der Waals surface area contributed by atoms with Gasteiger partial charge < -0.3 is 10.2 Å². The molecule has 106 valence electrons. The summed E-state index contributed by atoms with van der Waals surface area (Å²) in [7, 11) is -4.06. The van der Waals surface area contributed by atoms with Gasteiger partial charge in [-0.15, -0.1) is 11.3 Å². The minimum atomic E-state index is -4.06. The largest absolute Gasteiger partial charge is 0.481 e. The highest BCUT2D eigenvalue weighted by Gasteiger charge is 2.28. The van der Waals surface area contributed by atoms with Crippen molar-refractivity contribution in [2.45, 2.75) is 23.6 Å². The summed E-state index contributed by atoms with van der Waals surface area (Å²) >= 11 is 4.08. The Hall–Kier alpha value is -0.970. The SMILES string of the molecule is Cc1cc(S(=O)(=O)N[C@H](CC(=O)O)C(=O)O)sc1Br. The van der Waals surface area contributed by atoms with Crippen LogP contribution < -0.4 is 4.72 Å². The lowest BCUT2D eigenvalue weighted by molar-refractivity contribution is -0.145. The molecule has 1 rings (SSSR count). The summed E-state index contributed by atoms with van der Waals surface area (Å²) in [6.07, 6.45) is -0.833. The molecule has 0 aliphatic heterocycles. The van der Waals surface area contributed by atoms with Crippen molar-refractivity contribution in [3.05, 3.63) is 15.4 Å². The summed E-state index contributed by atoms with van der Waals surface area (Å²) in [4.78, 5) is 21.3. The second-order valence-electron chi connectivity index (χ2n) is 3.63. The number of carbonyl (C=O) groups is 2. The number of sulfonamides is 1. The topological polar surface area (TPSA) is 121 Å². The Morgan fingerprint density at radius 1 is 1.47 bits per heavy atom. The van der Waals surface area contributed by atoms with E-state index < -0.39 is 34.4 Å². The molecule has 0 fully saturated rings. The van der Waals surface area contributed by atoms with Crippen LogP contribution in [0.4, 0.5) is 0 Å². The molecule has 0 saturated carbocycles. The molecule has 1 aromatic heterocycles. The molecule has 1 aromatic rings. The molecular formula is C9H10BrNO6S2. The van der Waals surface area contributed by atoms with Gasteiger partial charge in [0.25, 0.3) is 10.0 Å². The number of hydrogen-bond acceptors (Lipinski definition) is 5. The van der Waals surface area contributed by atoms with E-state index in [-0.39, 0.29) is 4.21 Å². The van der Waals surface area contributed by atoms with Crippen molar-refractivity contribution >= 4 is 49.2 Å². The molecule has 0 saturated heterocycles. The van der Waals surface area contributed by atoms with Gasteiger partial charge in [-0.1, -0.05) is 0 Å². The second-order valence-corrected chi connectivity index (χ2v) is 7.94. The van der Waals surface area contributed by atoms with Gasteiger partial charge in [0.1, 0.15) is 10.3 Å². The zero-order chi connectivity index (χ0) is 14.8. The maximum atomic E-state index is 11.9. The van der Waals surface area contributed by atoms with Crippen molar-refractivity contribution in [2.75, 3.05) is 0 Å². The molecule has 19 heavy (non-hydrogen) atoms. The van der Waals surface area contributed by atoms with Gasteiger partial charge >= 0.3 is 11.9 Å². The summed E-state index contributed by atoms with van der Waals surface area (Å²) < 4.78 is 26.2. The van der Waals surface area contributed by atoms with Gasteiger partial charge in [-0.3, -0.25) is 9.59 Å². The zero-order valence-corrected chi connectivity index (χ0v) is 12.8. The van der Waals surface area contributed by atoms with Crippen molar-refractivity contribution in [2.24, 2.45) is 0 Å². The molecule has 7 nitrogen and oxygen atoms in total. The standard InChI is InChI=1S/C9H10BrNO6S2/c1-4-2-7(18-8(4)10)19(16,17)11-5(9(14)15)3-6(12)13/h2,5,11H,3H2,1H3,(H,12,13)(H,14,15)/t5-/m1/s1. The third-order valence-corrected chi connectivity index (χ3v) is 6.16. The lowest BCUT2D eigenvalue weighted by Crippen LogP contribution is -2.41. The van der Waals surface area contributed by atoms with E-state index in [1.165, 1.54) is 6.07 Å². The molecule has 0 amide bonds. The average molecular weight is 372 g/mol. The normalized spacial score (nSPS) is 13.2. The van der Waals surface area contributed by atoms with Crippen LogP contribution in [0.3, 0.4) is 0 Å². The number of carboxylic acids is 2. The fourth-order valence-corrected chi connectivity index (χ4v) is 4.59. The number of hydrogen-bond donors (Lipinski definition) is 3. The number of aliphatic carboxylic acids is 2. The predicted molar refractivity (Wildman–Crippen MR) is 70.8 cm³/mol. The predicted octanol–water partition coefficient (Wildman–Crippen LogP) is 1.03. The molecule has 0 unspecified atom stereocenters.